The second kappa shape index (κ2) is 6.58. The number of hydrogen-bond acceptors (Lipinski definition) is 4. The molecule has 0 aliphatic rings. The van der Waals surface area contributed by atoms with E-state index in [1.807, 2.05) is 0 Å². The molecule has 0 saturated heterocycles. The summed E-state index contributed by atoms with van der Waals surface area (Å²) in [6, 6.07) is 3.09. The maximum absolute atomic E-state index is 11.4. The van der Waals surface area contributed by atoms with Crippen LogP contribution in [0.1, 0.15) is 17.5 Å². The highest BCUT2D eigenvalue weighted by molar-refractivity contribution is 9.09. The second-order valence-corrected chi connectivity index (χ2v) is 4.35. The van der Waals surface area contributed by atoms with E-state index >= 15 is 0 Å². The van der Waals surface area contributed by atoms with Gasteiger partial charge in [-0.25, -0.2) is 4.89 Å². The summed E-state index contributed by atoms with van der Waals surface area (Å²) in [6.45, 7) is 1.78. The standard InChI is InChI=1S/C11H14BrNO4/c1-7-4-10(14)9(5-8(7)6-17-16)13-11(15)2-3-12/h4-5,14,16H,2-3,6H2,1H3,(H,13,15). The minimum Gasteiger partial charge on any atom is -0.506 e. The number of rotatable bonds is 5. The molecule has 0 radical (unpaired) electrons. The zero-order valence-corrected chi connectivity index (χ0v) is 11.0. The van der Waals surface area contributed by atoms with Gasteiger partial charge in [0.1, 0.15) is 12.4 Å². The average Bonchev–Trinajstić information content (AvgIpc) is 2.25. The molecule has 0 bridgehead atoms. The first-order valence-corrected chi connectivity index (χ1v) is 6.15. The smallest absolute Gasteiger partial charge is 0.225 e. The molecule has 0 saturated carbocycles. The molecular weight excluding hydrogens is 290 g/mol. The number of nitrogens with one attached hydrogen (secondary N) is 1. The molecule has 0 atom stereocenters. The van der Waals surface area contributed by atoms with Crippen LogP contribution in [0.5, 0.6) is 5.75 Å². The third-order valence-corrected chi connectivity index (χ3v) is 2.67. The molecule has 0 aromatic heterocycles. The molecule has 6 heteroatoms. The van der Waals surface area contributed by atoms with Crippen LogP contribution in [0.15, 0.2) is 12.1 Å². The van der Waals surface area contributed by atoms with Crippen molar-refractivity contribution in [2.75, 3.05) is 10.6 Å². The van der Waals surface area contributed by atoms with Gasteiger partial charge in [-0.15, -0.1) is 0 Å². The number of alkyl halides is 1. The van der Waals surface area contributed by atoms with Crippen molar-refractivity contribution in [1.29, 1.82) is 0 Å². The summed E-state index contributed by atoms with van der Waals surface area (Å²) in [6.07, 6.45) is 0.319. The summed E-state index contributed by atoms with van der Waals surface area (Å²) in [5.74, 6) is -0.205. The van der Waals surface area contributed by atoms with E-state index in [1.54, 1.807) is 13.0 Å². The van der Waals surface area contributed by atoms with Gasteiger partial charge in [-0.3, -0.25) is 10.1 Å². The molecule has 3 N–H and O–H groups in total. The molecule has 0 heterocycles. The fraction of sp³-hybridized carbons (Fsp3) is 0.364. The molecule has 94 valence electrons. The normalized spacial score (nSPS) is 10.3. The summed E-state index contributed by atoms with van der Waals surface area (Å²) >= 11 is 3.16. The van der Waals surface area contributed by atoms with Crippen molar-refractivity contribution in [1.82, 2.24) is 0 Å². The summed E-state index contributed by atoms with van der Waals surface area (Å²) < 4.78 is 0. The zero-order chi connectivity index (χ0) is 12.8. The number of amides is 1. The quantitative estimate of drug-likeness (QED) is 0.338. The van der Waals surface area contributed by atoms with Crippen LogP contribution in [0.2, 0.25) is 0 Å². The highest BCUT2D eigenvalue weighted by atomic mass is 79.9. The van der Waals surface area contributed by atoms with E-state index in [1.165, 1.54) is 6.07 Å². The highest BCUT2D eigenvalue weighted by Gasteiger charge is 2.09. The van der Waals surface area contributed by atoms with Crippen molar-refractivity contribution in [3.05, 3.63) is 23.3 Å². The van der Waals surface area contributed by atoms with Crippen molar-refractivity contribution in [3.8, 4) is 5.75 Å². The first-order valence-electron chi connectivity index (χ1n) is 5.03. The Hall–Kier alpha value is -1.11. The number of halogens is 1. The lowest BCUT2D eigenvalue weighted by Gasteiger charge is -2.11. The van der Waals surface area contributed by atoms with Crippen LogP contribution in [0.3, 0.4) is 0 Å². The van der Waals surface area contributed by atoms with E-state index in [2.05, 4.69) is 26.1 Å². The van der Waals surface area contributed by atoms with Crippen LogP contribution in [0.4, 0.5) is 5.69 Å². The molecule has 0 unspecified atom stereocenters. The number of aryl methyl sites for hydroxylation is 1. The predicted octanol–water partition coefficient (Wildman–Crippen LogP) is 2.41. The van der Waals surface area contributed by atoms with Crippen LogP contribution >= 0.6 is 15.9 Å². The summed E-state index contributed by atoms with van der Waals surface area (Å²) in [5, 5.41) is 21.2. The van der Waals surface area contributed by atoms with Crippen LogP contribution in [-0.4, -0.2) is 21.6 Å². The third kappa shape index (κ3) is 3.99. The fourth-order valence-corrected chi connectivity index (χ4v) is 1.72. The lowest BCUT2D eigenvalue weighted by Crippen LogP contribution is -2.12. The molecule has 0 fully saturated rings. The van der Waals surface area contributed by atoms with Crippen molar-refractivity contribution in [3.63, 3.8) is 0 Å². The number of hydrogen-bond donors (Lipinski definition) is 3. The van der Waals surface area contributed by atoms with Crippen LogP contribution in [0, 0.1) is 6.92 Å². The Bertz CT molecular complexity index is 409. The topological polar surface area (TPSA) is 78.8 Å². The highest BCUT2D eigenvalue weighted by Crippen LogP contribution is 2.27. The molecule has 0 aliphatic carbocycles. The Kier molecular flexibility index (Phi) is 5.40. The van der Waals surface area contributed by atoms with Gasteiger partial charge in [0.25, 0.3) is 0 Å². The zero-order valence-electron chi connectivity index (χ0n) is 9.36. The predicted molar refractivity (Wildman–Crippen MR) is 67.3 cm³/mol. The molecule has 17 heavy (non-hydrogen) atoms. The van der Waals surface area contributed by atoms with Gasteiger partial charge in [-0.05, 0) is 30.2 Å². The van der Waals surface area contributed by atoms with E-state index in [9.17, 15) is 9.90 Å². The van der Waals surface area contributed by atoms with Crippen molar-refractivity contribution in [2.45, 2.75) is 20.0 Å². The fourth-order valence-electron chi connectivity index (χ4n) is 1.36. The minimum atomic E-state index is -0.197. The average molecular weight is 304 g/mol. The molecule has 0 spiro atoms. The Labute approximate surface area is 107 Å². The maximum atomic E-state index is 11.4. The minimum absolute atomic E-state index is 0.00730. The molecule has 1 amide bonds. The Morgan fingerprint density at radius 2 is 2.24 bits per heavy atom. The van der Waals surface area contributed by atoms with Gasteiger partial charge in [0.15, 0.2) is 0 Å². The van der Waals surface area contributed by atoms with Crippen molar-refractivity contribution in [2.24, 2.45) is 0 Å². The number of phenolic OH excluding ortho intramolecular Hbond substituents is 1. The van der Waals surface area contributed by atoms with Gasteiger partial charge in [0.2, 0.25) is 5.91 Å². The maximum Gasteiger partial charge on any atom is 0.225 e. The number of phenols is 1. The molecular formula is C11H14BrNO4. The van der Waals surface area contributed by atoms with Crippen LogP contribution in [0.25, 0.3) is 0 Å². The van der Waals surface area contributed by atoms with Crippen molar-refractivity contribution >= 4 is 27.5 Å². The first kappa shape index (κ1) is 14.0. The van der Waals surface area contributed by atoms with Crippen LogP contribution in [-0.2, 0) is 16.3 Å². The lowest BCUT2D eigenvalue weighted by atomic mass is 10.1. The third-order valence-electron chi connectivity index (χ3n) is 2.27. The largest absolute Gasteiger partial charge is 0.506 e. The molecule has 1 rings (SSSR count). The van der Waals surface area contributed by atoms with E-state index in [0.717, 1.165) is 5.56 Å². The Morgan fingerprint density at radius 1 is 1.53 bits per heavy atom. The molecule has 5 nitrogen and oxygen atoms in total. The van der Waals surface area contributed by atoms with Gasteiger partial charge in [-0.1, -0.05) is 15.9 Å². The first-order chi connectivity index (χ1) is 8.08. The summed E-state index contributed by atoms with van der Waals surface area (Å²) in [5.41, 5.74) is 1.78. The number of carbonyl (C=O) groups is 1. The van der Waals surface area contributed by atoms with Gasteiger partial charge < -0.3 is 10.4 Å². The van der Waals surface area contributed by atoms with Crippen LogP contribution < -0.4 is 5.32 Å². The SMILES string of the molecule is Cc1cc(O)c(NC(=O)CCBr)cc1COO. The van der Waals surface area contributed by atoms with Gasteiger partial charge in [0.05, 0.1) is 5.69 Å². The van der Waals surface area contributed by atoms with Gasteiger partial charge in [0, 0.05) is 11.8 Å². The van der Waals surface area contributed by atoms with E-state index < -0.39 is 0 Å². The second-order valence-electron chi connectivity index (χ2n) is 3.56. The molecule has 0 aliphatic heterocycles. The molecule has 1 aromatic rings. The number of benzene rings is 1. The van der Waals surface area contributed by atoms with Crippen molar-refractivity contribution < 1.29 is 20.0 Å². The lowest BCUT2D eigenvalue weighted by molar-refractivity contribution is -0.253. The summed E-state index contributed by atoms with van der Waals surface area (Å²) in [7, 11) is 0. The number of carbonyl (C=O) groups excluding carboxylic acids is 1. The van der Waals surface area contributed by atoms with Gasteiger partial charge in [-0.2, -0.15) is 0 Å². The van der Waals surface area contributed by atoms with E-state index in [0.29, 0.717) is 23.0 Å². The Morgan fingerprint density at radius 3 is 2.82 bits per heavy atom. The number of anilines is 1. The Balaban J connectivity index is 2.91. The van der Waals surface area contributed by atoms with E-state index in [4.69, 9.17) is 5.26 Å². The van der Waals surface area contributed by atoms with E-state index in [-0.39, 0.29) is 18.3 Å². The monoisotopic (exact) mass is 303 g/mol. The number of aromatic hydroxyl groups is 1. The summed E-state index contributed by atoms with van der Waals surface area (Å²) in [4.78, 5) is 15.4. The molecule has 1 aromatic carbocycles. The van der Waals surface area contributed by atoms with Gasteiger partial charge >= 0.3 is 0 Å².